The fraction of sp³-hybridized carbons (Fsp3) is 0.600. The number of ether oxygens (including phenoxy) is 2. The van der Waals surface area contributed by atoms with Gasteiger partial charge in [0.1, 0.15) is 0 Å². The van der Waals surface area contributed by atoms with Crippen molar-refractivity contribution in [2.24, 2.45) is 5.92 Å². The molecule has 0 saturated carbocycles. The van der Waals surface area contributed by atoms with Crippen LogP contribution < -0.4 is 0 Å². The van der Waals surface area contributed by atoms with Gasteiger partial charge >= 0.3 is 11.9 Å². The van der Waals surface area contributed by atoms with Crippen LogP contribution in [0.15, 0.2) is 24.3 Å². The Labute approximate surface area is 145 Å². The van der Waals surface area contributed by atoms with Gasteiger partial charge in [0.2, 0.25) is 0 Å². The van der Waals surface area contributed by atoms with Gasteiger partial charge in [0.25, 0.3) is 0 Å². The average molecular weight is 334 g/mol. The molecule has 1 rings (SSSR count). The van der Waals surface area contributed by atoms with Crippen LogP contribution in [0.2, 0.25) is 0 Å². The topological polar surface area (TPSA) is 52.6 Å². The zero-order valence-electron chi connectivity index (χ0n) is 15.2. The summed E-state index contributed by atoms with van der Waals surface area (Å²) < 4.78 is 10.5. The van der Waals surface area contributed by atoms with Crippen molar-refractivity contribution in [2.45, 2.75) is 59.3 Å². The van der Waals surface area contributed by atoms with Crippen molar-refractivity contribution in [2.75, 3.05) is 13.2 Å². The van der Waals surface area contributed by atoms with Crippen LogP contribution in [0.1, 0.15) is 80.0 Å². The van der Waals surface area contributed by atoms with Gasteiger partial charge in [0.05, 0.1) is 24.3 Å². The minimum Gasteiger partial charge on any atom is -0.462 e. The molecule has 0 bridgehead atoms. The summed E-state index contributed by atoms with van der Waals surface area (Å²) in [5.41, 5.74) is 0.554. The number of carbonyl (C=O) groups excluding carboxylic acids is 2. The normalized spacial score (nSPS) is 10.7. The second kappa shape index (κ2) is 11.7. The maximum absolute atomic E-state index is 12.2. The van der Waals surface area contributed by atoms with Crippen molar-refractivity contribution in [1.29, 1.82) is 0 Å². The number of esters is 2. The molecule has 0 fully saturated rings. The quantitative estimate of drug-likeness (QED) is 0.421. The summed E-state index contributed by atoms with van der Waals surface area (Å²) in [5, 5.41) is 0. The molecule has 0 heterocycles. The predicted octanol–water partition coefficient (Wildman–Crippen LogP) is 5.02. The molecule has 0 saturated heterocycles. The first-order valence-corrected chi connectivity index (χ1v) is 8.99. The molecule has 0 amide bonds. The molecule has 1 aromatic rings. The van der Waals surface area contributed by atoms with E-state index in [0.717, 1.165) is 25.7 Å². The molecule has 0 N–H and O–H groups in total. The fourth-order valence-electron chi connectivity index (χ4n) is 2.25. The molecule has 0 aromatic heterocycles. The first-order chi connectivity index (χ1) is 11.6. The van der Waals surface area contributed by atoms with Gasteiger partial charge in [0.15, 0.2) is 0 Å². The minimum absolute atomic E-state index is 0.275. The van der Waals surface area contributed by atoms with Gasteiger partial charge in [0, 0.05) is 0 Å². The second-order valence-corrected chi connectivity index (χ2v) is 6.41. The molecule has 1 aromatic carbocycles. The zero-order chi connectivity index (χ0) is 17.8. The molecule has 0 spiro atoms. The Morgan fingerprint density at radius 1 is 0.875 bits per heavy atom. The van der Waals surface area contributed by atoms with E-state index in [0.29, 0.717) is 19.1 Å². The second-order valence-electron chi connectivity index (χ2n) is 6.41. The number of carbonyl (C=O) groups is 2. The van der Waals surface area contributed by atoms with Crippen molar-refractivity contribution in [1.82, 2.24) is 0 Å². The fourth-order valence-corrected chi connectivity index (χ4v) is 2.25. The molecule has 0 radical (unpaired) electrons. The Balaban J connectivity index is 2.52. The Hall–Kier alpha value is -1.84. The maximum atomic E-state index is 12.2. The van der Waals surface area contributed by atoms with Crippen molar-refractivity contribution in [3.8, 4) is 0 Å². The summed E-state index contributed by atoms with van der Waals surface area (Å²) in [7, 11) is 0. The lowest BCUT2D eigenvalue weighted by molar-refractivity contribution is 0.0445. The highest BCUT2D eigenvalue weighted by molar-refractivity contribution is 6.03. The third-order valence-electron chi connectivity index (χ3n) is 3.78. The SMILES string of the molecule is CCCCCCCOC(=O)c1ccccc1C(=O)OCCC(C)C. The van der Waals surface area contributed by atoms with Crippen LogP contribution >= 0.6 is 0 Å². The van der Waals surface area contributed by atoms with Crippen LogP contribution in [0.3, 0.4) is 0 Å². The maximum Gasteiger partial charge on any atom is 0.339 e. The van der Waals surface area contributed by atoms with Gasteiger partial charge in [-0.05, 0) is 30.9 Å². The largest absolute Gasteiger partial charge is 0.462 e. The molecule has 0 atom stereocenters. The van der Waals surface area contributed by atoms with E-state index in [4.69, 9.17) is 9.47 Å². The first-order valence-electron chi connectivity index (χ1n) is 8.99. The van der Waals surface area contributed by atoms with Crippen LogP contribution in [0.5, 0.6) is 0 Å². The smallest absolute Gasteiger partial charge is 0.339 e. The summed E-state index contributed by atoms with van der Waals surface area (Å²) in [6.45, 7) is 7.05. The number of benzene rings is 1. The van der Waals surface area contributed by atoms with Gasteiger partial charge in [-0.15, -0.1) is 0 Å². The molecule has 4 heteroatoms. The molecule has 4 nitrogen and oxygen atoms in total. The van der Waals surface area contributed by atoms with Crippen molar-refractivity contribution < 1.29 is 19.1 Å². The molecular weight excluding hydrogens is 304 g/mol. The number of hydrogen-bond donors (Lipinski definition) is 0. The third-order valence-corrected chi connectivity index (χ3v) is 3.78. The highest BCUT2D eigenvalue weighted by Crippen LogP contribution is 2.13. The lowest BCUT2D eigenvalue weighted by Gasteiger charge is -2.10. The number of unbranched alkanes of at least 4 members (excludes halogenated alkanes) is 4. The van der Waals surface area contributed by atoms with Gasteiger partial charge < -0.3 is 9.47 Å². The summed E-state index contributed by atoms with van der Waals surface area (Å²) >= 11 is 0. The summed E-state index contributed by atoms with van der Waals surface area (Å²) in [6.07, 6.45) is 6.26. The highest BCUT2D eigenvalue weighted by Gasteiger charge is 2.18. The van der Waals surface area contributed by atoms with Crippen LogP contribution in [-0.2, 0) is 9.47 Å². The first kappa shape index (κ1) is 20.2. The summed E-state index contributed by atoms with van der Waals surface area (Å²) in [5.74, 6) is -0.459. The van der Waals surface area contributed by atoms with E-state index in [1.807, 2.05) is 0 Å². The van der Waals surface area contributed by atoms with E-state index in [9.17, 15) is 9.59 Å². The lowest BCUT2D eigenvalue weighted by Crippen LogP contribution is -2.15. The molecule has 0 aliphatic rings. The van der Waals surface area contributed by atoms with E-state index >= 15 is 0 Å². The highest BCUT2D eigenvalue weighted by atomic mass is 16.5. The van der Waals surface area contributed by atoms with Crippen molar-refractivity contribution in [3.63, 3.8) is 0 Å². The monoisotopic (exact) mass is 334 g/mol. The van der Waals surface area contributed by atoms with Gasteiger partial charge in [-0.2, -0.15) is 0 Å². The van der Waals surface area contributed by atoms with Crippen molar-refractivity contribution in [3.05, 3.63) is 35.4 Å². The molecule has 0 aliphatic heterocycles. The van der Waals surface area contributed by atoms with Gasteiger partial charge in [-0.1, -0.05) is 58.6 Å². The Bertz CT molecular complexity index is 508. The summed E-state index contributed by atoms with van der Waals surface area (Å²) in [6, 6.07) is 6.66. The van der Waals surface area contributed by atoms with E-state index < -0.39 is 11.9 Å². The number of rotatable bonds is 11. The molecule has 134 valence electrons. The van der Waals surface area contributed by atoms with Crippen molar-refractivity contribution >= 4 is 11.9 Å². The van der Waals surface area contributed by atoms with Crippen LogP contribution in [0.4, 0.5) is 0 Å². The average Bonchev–Trinajstić information content (AvgIpc) is 2.57. The summed E-state index contributed by atoms with van der Waals surface area (Å²) in [4.78, 5) is 24.4. The Kier molecular flexibility index (Phi) is 9.81. The van der Waals surface area contributed by atoms with E-state index in [1.165, 1.54) is 12.8 Å². The minimum atomic E-state index is -0.467. The number of hydrogen-bond acceptors (Lipinski definition) is 4. The van der Waals surface area contributed by atoms with E-state index in [2.05, 4.69) is 20.8 Å². The molecule has 24 heavy (non-hydrogen) atoms. The van der Waals surface area contributed by atoms with Gasteiger partial charge in [-0.3, -0.25) is 0 Å². The Morgan fingerprint density at radius 3 is 1.96 bits per heavy atom. The lowest BCUT2D eigenvalue weighted by atomic mass is 10.1. The van der Waals surface area contributed by atoms with Gasteiger partial charge in [-0.25, -0.2) is 9.59 Å². The van der Waals surface area contributed by atoms with Crippen LogP contribution in [-0.4, -0.2) is 25.2 Å². The zero-order valence-corrected chi connectivity index (χ0v) is 15.2. The van der Waals surface area contributed by atoms with E-state index in [1.54, 1.807) is 24.3 Å². The van der Waals surface area contributed by atoms with E-state index in [-0.39, 0.29) is 11.1 Å². The third kappa shape index (κ3) is 7.62. The standard InChI is InChI=1S/C20H30O4/c1-4-5-6-7-10-14-23-19(21)17-11-8-9-12-18(17)20(22)24-15-13-16(2)3/h8-9,11-12,16H,4-7,10,13-15H2,1-3H3. The molecule has 0 aliphatic carbocycles. The molecule has 0 unspecified atom stereocenters. The van der Waals surface area contributed by atoms with Crippen LogP contribution in [0, 0.1) is 5.92 Å². The van der Waals surface area contributed by atoms with Crippen LogP contribution in [0.25, 0.3) is 0 Å². The Morgan fingerprint density at radius 2 is 1.42 bits per heavy atom. The predicted molar refractivity (Wildman–Crippen MR) is 95.2 cm³/mol. The molecular formula is C20H30O4.